The topological polar surface area (TPSA) is 49.8 Å². The van der Waals surface area contributed by atoms with E-state index in [0.717, 1.165) is 22.6 Å². The lowest BCUT2D eigenvalue weighted by Gasteiger charge is -2.21. The Bertz CT molecular complexity index is 745. The summed E-state index contributed by atoms with van der Waals surface area (Å²) in [6.45, 7) is 3.05. The Morgan fingerprint density at radius 1 is 1.26 bits per heavy atom. The highest BCUT2D eigenvalue weighted by Crippen LogP contribution is 2.31. The first-order chi connectivity index (χ1) is 11.1. The molecule has 0 unspecified atom stereocenters. The standard InChI is InChI=1S/C18H19NO3S/c1-12-3-5-15(16(20)9-12)18(21)19-7-8-23-17-6-4-14(22-2)10-13(17)11-19/h3-6,9-10,20H,7-8,11H2,1-2H3. The van der Waals surface area contributed by atoms with Crippen LogP contribution in [0.3, 0.4) is 0 Å². The maximum absolute atomic E-state index is 12.8. The minimum atomic E-state index is -0.140. The molecule has 0 spiro atoms. The maximum Gasteiger partial charge on any atom is 0.257 e. The van der Waals surface area contributed by atoms with Crippen LogP contribution in [0.1, 0.15) is 21.5 Å². The molecule has 0 bridgehead atoms. The predicted molar refractivity (Wildman–Crippen MR) is 91.3 cm³/mol. The molecule has 3 rings (SSSR count). The molecule has 4 nitrogen and oxygen atoms in total. The van der Waals surface area contributed by atoms with Crippen LogP contribution in [0.15, 0.2) is 41.3 Å². The fraction of sp³-hybridized carbons (Fsp3) is 0.278. The molecule has 1 aliphatic rings. The second kappa shape index (κ2) is 6.54. The van der Waals surface area contributed by atoms with Crippen molar-refractivity contribution < 1.29 is 14.6 Å². The number of carbonyl (C=O) groups excluding carboxylic acids is 1. The summed E-state index contributed by atoms with van der Waals surface area (Å²) in [7, 11) is 1.64. The van der Waals surface area contributed by atoms with E-state index in [9.17, 15) is 9.90 Å². The summed E-state index contributed by atoms with van der Waals surface area (Å²) >= 11 is 1.74. The Labute approximate surface area is 140 Å². The molecule has 2 aromatic rings. The molecule has 1 aliphatic heterocycles. The SMILES string of the molecule is COc1ccc2c(c1)CN(C(=O)c1ccc(C)cc1O)CCS2. The second-order valence-corrected chi connectivity index (χ2v) is 6.71. The van der Waals surface area contributed by atoms with Crippen LogP contribution >= 0.6 is 11.8 Å². The van der Waals surface area contributed by atoms with Crippen LogP contribution in [0.2, 0.25) is 0 Å². The van der Waals surface area contributed by atoms with Gasteiger partial charge < -0.3 is 14.7 Å². The molecule has 0 radical (unpaired) electrons. The summed E-state index contributed by atoms with van der Waals surface area (Å²) in [5, 5.41) is 10.1. The molecule has 0 fully saturated rings. The molecule has 1 N–H and O–H groups in total. The summed E-state index contributed by atoms with van der Waals surface area (Å²) in [5.41, 5.74) is 2.36. The third-order valence-corrected chi connectivity index (χ3v) is 5.01. The monoisotopic (exact) mass is 329 g/mol. The fourth-order valence-electron chi connectivity index (χ4n) is 2.66. The summed E-state index contributed by atoms with van der Waals surface area (Å²) in [4.78, 5) is 15.7. The van der Waals surface area contributed by atoms with E-state index in [1.165, 1.54) is 4.90 Å². The Morgan fingerprint density at radius 2 is 2.09 bits per heavy atom. The van der Waals surface area contributed by atoms with Gasteiger partial charge >= 0.3 is 0 Å². The maximum atomic E-state index is 12.8. The van der Waals surface area contributed by atoms with Gasteiger partial charge in [0.2, 0.25) is 0 Å². The number of phenolic OH excluding ortho intramolecular Hbond substituents is 1. The third kappa shape index (κ3) is 3.29. The van der Waals surface area contributed by atoms with Crippen molar-refractivity contribution >= 4 is 17.7 Å². The normalized spacial score (nSPS) is 14.1. The van der Waals surface area contributed by atoms with E-state index in [1.807, 2.05) is 31.2 Å². The van der Waals surface area contributed by atoms with Gasteiger partial charge in [-0.1, -0.05) is 6.07 Å². The van der Waals surface area contributed by atoms with E-state index >= 15 is 0 Å². The average Bonchev–Trinajstić information content (AvgIpc) is 2.75. The first kappa shape index (κ1) is 15.7. The van der Waals surface area contributed by atoms with Crippen molar-refractivity contribution in [3.63, 3.8) is 0 Å². The minimum absolute atomic E-state index is 0.0396. The van der Waals surface area contributed by atoms with Gasteiger partial charge in [-0.2, -0.15) is 0 Å². The Balaban J connectivity index is 1.89. The number of amides is 1. The van der Waals surface area contributed by atoms with Crippen LogP contribution in [-0.2, 0) is 6.54 Å². The lowest BCUT2D eigenvalue weighted by Crippen LogP contribution is -2.31. The number of ether oxygens (including phenoxy) is 1. The first-order valence-corrected chi connectivity index (χ1v) is 8.45. The number of carbonyl (C=O) groups is 1. The number of phenols is 1. The largest absolute Gasteiger partial charge is 0.507 e. The second-order valence-electron chi connectivity index (χ2n) is 5.57. The number of benzene rings is 2. The van der Waals surface area contributed by atoms with Gasteiger partial charge in [0, 0.05) is 23.7 Å². The van der Waals surface area contributed by atoms with Crippen molar-refractivity contribution in [2.24, 2.45) is 0 Å². The average molecular weight is 329 g/mol. The molecule has 1 heterocycles. The number of methoxy groups -OCH3 is 1. The molecule has 0 saturated carbocycles. The number of aromatic hydroxyl groups is 1. The summed E-state index contributed by atoms with van der Waals surface area (Å²) in [5.74, 6) is 1.52. The fourth-order valence-corrected chi connectivity index (χ4v) is 3.67. The summed E-state index contributed by atoms with van der Waals surface area (Å²) in [6, 6.07) is 11.1. The van der Waals surface area contributed by atoms with E-state index in [1.54, 1.807) is 35.9 Å². The lowest BCUT2D eigenvalue weighted by molar-refractivity contribution is 0.0751. The smallest absolute Gasteiger partial charge is 0.257 e. The van der Waals surface area contributed by atoms with Crippen LogP contribution in [-0.4, -0.2) is 35.3 Å². The zero-order chi connectivity index (χ0) is 16.4. The van der Waals surface area contributed by atoms with Crippen molar-refractivity contribution in [1.82, 2.24) is 4.90 Å². The number of nitrogens with zero attached hydrogens (tertiary/aromatic N) is 1. The summed E-state index contributed by atoms with van der Waals surface area (Å²) in [6.07, 6.45) is 0. The number of thioether (sulfide) groups is 1. The van der Waals surface area contributed by atoms with Crippen LogP contribution in [0.4, 0.5) is 0 Å². The zero-order valence-electron chi connectivity index (χ0n) is 13.2. The number of aryl methyl sites for hydroxylation is 1. The Kier molecular flexibility index (Phi) is 4.48. The van der Waals surface area contributed by atoms with E-state index in [-0.39, 0.29) is 11.7 Å². The van der Waals surface area contributed by atoms with Gasteiger partial charge in [-0.25, -0.2) is 0 Å². The van der Waals surface area contributed by atoms with Crippen molar-refractivity contribution in [1.29, 1.82) is 0 Å². The van der Waals surface area contributed by atoms with Crippen LogP contribution in [0.5, 0.6) is 11.5 Å². The van der Waals surface area contributed by atoms with Gasteiger partial charge in [0.1, 0.15) is 11.5 Å². The van der Waals surface area contributed by atoms with E-state index < -0.39 is 0 Å². The molecule has 0 aromatic heterocycles. The van der Waals surface area contributed by atoms with Gasteiger partial charge in [-0.3, -0.25) is 4.79 Å². The van der Waals surface area contributed by atoms with Crippen molar-refractivity contribution in [2.45, 2.75) is 18.4 Å². The van der Waals surface area contributed by atoms with E-state index in [0.29, 0.717) is 18.7 Å². The van der Waals surface area contributed by atoms with Crippen LogP contribution < -0.4 is 4.74 Å². The minimum Gasteiger partial charge on any atom is -0.507 e. The molecule has 23 heavy (non-hydrogen) atoms. The number of hydrogen-bond acceptors (Lipinski definition) is 4. The van der Waals surface area contributed by atoms with E-state index in [2.05, 4.69) is 0 Å². The summed E-state index contributed by atoms with van der Waals surface area (Å²) < 4.78 is 5.28. The highest BCUT2D eigenvalue weighted by molar-refractivity contribution is 7.99. The molecule has 0 atom stereocenters. The van der Waals surface area contributed by atoms with Crippen molar-refractivity contribution in [2.75, 3.05) is 19.4 Å². The van der Waals surface area contributed by atoms with Crippen molar-refractivity contribution in [3.05, 3.63) is 53.1 Å². The van der Waals surface area contributed by atoms with Gasteiger partial charge in [0.25, 0.3) is 5.91 Å². The Hall–Kier alpha value is -2.14. The molecular formula is C18H19NO3S. The zero-order valence-corrected chi connectivity index (χ0v) is 14.0. The van der Waals surface area contributed by atoms with Crippen molar-refractivity contribution in [3.8, 4) is 11.5 Å². The quantitative estimate of drug-likeness (QED) is 0.917. The van der Waals surface area contributed by atoms with Gasteiger partial charge in [0.15, 0.2) is 0 Å². The highest BCUT2D eigenvalue weighted by atomic mass is 32.2. The highest BCUT2D eigenvalue weighted by Gasteiger charge is 2.23. The third-order valence-electron chi connectivity index (χ3n) is 3.92. The van der Waals surface area contributed by atoms with Crippen LogP contribution in [0.25, 0.3) is 0 Å². The van der Waals surface area contributed by atoms with Gasteiger partial charge in [0.05, 0.1) is 12.7 Å². The number of fused-ring (bicyclic) bond motifs is 1. The molecule has 1 amide bonds. The molecular weight excluding hydrogens is 310 g/mol. The predicted octanol–water partition coefficient (Wildman–Crippen LogP) is 3.46. The number of rotatable bonds is 2. The van der Waals surface area contributed by atoms with E-state index in [4.69, 9.17) is 4.74 Å². The molecule has 2 aromatic carbocycles. The Morgan fingerprint density at radius 3 is 2.83 bits per heavy atom. The molecule has 120 valence electrons. The van der Waals surface area contributed by atoms with Crippen LogP contribution in [0, 0.1) is 6.92 Å². The van der Waals surface area contributed by atoms with Gasteiger partial charge in [-0.15, -0.1) is 11.8 Å². The number of hydrogen-bond donors (Lipinski definition) is 1. The lowest BCUT2D eigenvalue weighted by atomic mass is 10.1. The molecule has 5 heteroatoms. The molecule has 0 aliphatic carbocycles. The molecule has 0 saturated heterocycles. The first-order valence-electron chi connectivity index (χ1n) is 7.47. The van der Waals surface area contributed by atoms with Gasteiger partial charge in [-0.05, 0) is 48.4 Å².